The zero-order valence-electron chi connectivity index (χ0n) is 11.5. The van der Waals surface area contributed by atoms with E-state index < -0.39 is 0 Å². The summed E-state index contributed by atoms with van der Waals surface area (Å²) in [5, 5.41) is 0. The first-order chi connectivity index (χ1) is 9.83. The molecule has 20 heavy (non-hydrogen) atoms. The maximum atomic E-state index is 5.37. The van der Waals surface area contributed by atoms with Gasteiger partial charge in [0, 0.05) is 24.5 Å². The molecule has 2 aromatic rings. The zero-order chi connectivity index (χ0) is 13.9. The first-order valence-electron chi connectivity index (χ1n) is 6.39. The van der Waals surface area contributed by atoms with E-state index in [-0.39, 0.29) is 0 Å². The Morgan fingerprint density at radius 3 is 2.55 bits per heavy atom. The number of aromatic nitrogens is 2. The fourth-order valence-electron chi connectivity index (χ4n) is 2.36. The average molecular weight is 269 g/mol. The normalized spacial score (nSPS) is 13.4. The second-order valence-corrected chi connectivity index (χ2v) is 4.44. The third-order valence-corrected chi connectivity index (χ3v) is 3.32. The molecule has 0 N–H and O–H groups in total. The smallest absolute Gasteiger partial charge is 0.161 e. The van der Waals surface area contributed by atoms with Crippen molar-refractivity contribution in [1.29, 1.82) is 0 Å². The molecule has 0 amide bonds. The van der Waals surface area contributed by atoms with Crippen molar-refractivity contribution in [3.05, 3.63) is 47.5 Å². The first kappa shape index (κ1) is 12.6. The van der Waals surface area contributed by atoms with E-state index in [0.29, 0.717) is 5.75 Å². The summed E-state index contributed by atoms with van der Waals surface area (Å²) in [5.41, 5.74) is 3.87. The van der Waals surface area contributed by atoms with E-state index in [4.69, 9.17) is 9.47 Å². The summed E-state index contributed by atoms with van der Waals surface area (Å²) in [4.78, 5) is 13.0. The van der Waals surface area contributed by atoms with E-state index in [9.17, 15) is 0 Å². The van der Waals surface area contributed by atoms with Gasteiger partial charge in [-0.3, -0.25) is 15.0 Å². The Balaban J connectivity index is 2.13. The van der Waals surface area contributed by atoms with Crippen molar-refractivity contribution >= 4 is 5.71 Å². The van der Waals surface area contributed by atoms with Gasteiger partial charge in [-0.05, 0) is 24.1 Å². The Labute approximate surface area is 117 Å². The SMILES string of the molecule is COc1cc2c(cc1OC)C(c1cnccn1)=NCC2. The highest BCUT2D eigenvalue weighted by molar-refractivity contribution is 6.13. The van der Waals surface area contributed by atoms with Gasteiger partial charge >= 0.3 is 0 Å². The van der Waals surface area contributed by atoms with Crippen LogP contribution in [0.4, 0.5) is 0 Å². The minimum Gasteiger partial charge on any atom is -0.493 e. The molecule has 102 valence electrons. The van der Waals surface area contributed by atoms with E-state index in [1.807, 2.05) is 12.1 Å². The van der Waals surface area contributed by atoms with E-state index in [1.165, 1.54) is 5.56 Å². The van der Waals surface area contributed by atoms with Crippen LogP contribution < -0.4 is 9.47 Å². The number of benzene rings is 1. The number of rotatable bonds is 3. The molecule has 5 heteroatoms. The summed E-state index contributed by atoms with van der Waals surface area (Å²) in [5.74, 6) is 1.44. The standard InChI is InChI=1S/C15H15N3O2/c1-19-13-7-10-3-4-18-15(11(10)8-14(13)20-2)12-9-16-5-6-17-12/h5-9H,3-4H2,1-2H3. The molecule has 0 saturated carbocycles. The third-order valence-electron chi connectivity index (χ3n) is 3.32. The summed E-state index contributed by atoms with van der Waals surface area (Å²) < 4.78 is 10.7. The second kappa shape index (κ2) is 5.28. The summed E-state index contributed by atoms with van der Waals surface area (Å²) in [7, 11) is 3.27. The maximum absolute atomic E-state index is 5.37. The van der Waals surface area contributed by atoms with Crippen LogP contribution in [-0.4, -0.2) is 36.4 Å². The number of hydrogen-bond acceptors (Lipinski definition) is 5. The van der Waals surface area contributed by atoms with Crippen molar-refractivity contribution in [3.8, 4) is 11.5 Å². The predicted molar refractivity (Wildman–Crippen MR) is 75.8 cm³/mol. The molecule has 1 aliphatic heterocycles. The van der Waals surface area contributed by atoms with Crippen molar-refractivity contribution in [2.24, 2.45) is 4.99 Å². The average Bonchev–Trinajstić information content (AvgIpc) is 2.53. The minimum atomic E-state index is 0.699. The Hall–Kier alpha value is -2.43. The van der Waals surface area contributed by atoms with Gasteiger partial charge in [-0.25, -0.2) is 0 Å². The Morgan fingerprint density at radius 1 is 1.05 bits per heavy atom. The van der Waals surface area contributed by atoms with Crippen LogP contribution in [0.2, 0.25) is 0 Å². The predicted octanol–water partition coefficient (Wildman–Crippen LogP) is 1.89. The Morgan fingerprint density at radius 2 is 1.85 bits per heavy atom. The number of ether oxygens (including phenoxy) is 2. The molecule has 0 aliphatic carbocycles. The number of hydrogen-bond donors (Lipinski definition) is 0. The quantitative estimate of drug-likeness (QED) is 0.853. The lowest BCUT2D eigenvalue weighted by Crippen LogP contribution is -2.16. The van der Waals surface area contributed by atoms with Gasteiger partial charge in [0.15, 0.2) is 11.5 Å². The molecule has 1 aromatic heterocycles. The summed E-state index contributed by atoms with van der Waals surface area (Å²) in [6.45, 7) is 0.744. The third kappa shape index (κ3) is 2.11. The van der Waals surface area contributed by atoms with Crippen LogP contribution in [0.25, 0.3) is 0 Å². The van der Waals surface area contributed by atoms with Gasteiger partial charge in [-0.2, -0.15) is 0 Å². The zero-order valence-corrected chi connectivity index (χ0v) is 11.5. The lowest BCUT2D eigenvalue weighted by Gasteiger charge is -2.19. The molecule has 1 aliphatic rings. The van der Waals surface area contributed by atoms with Gasteiger partial charge in [0.2, 0.25) is 0 Å². The molecule has 0 atom stereocenters. The van der Waals surface area contributed by atoms with Crippen LogP contribution in [-0.2, 0) is 6.42 Å². The fourth-order valence-corrected chi connectivity index (χ4v) is 2.36. The van der Waals surface area contributed by atoms with Gasteiger partial charge in [0.25, 0.3) is 0 Å². The minimum absolute atomic E-state index is 0.699. The number of methoxy groups -OCH3 is 2. The van der Waals surface area contributed by atoms with E-state index in [2.05, 4.69) is 15.0 Å². The van der Waals surface area contributed by atoms with E-state index in [1.54, 1.807) is 32.8 Å². The summed E-state index contributed by atoms with van der Waals surface area (Å²) in [6.07, 6.45) is 5.94. The molecule has 0 saturated heterocycles. The topological polar surface area (TPSA) is 56.6 Å². The molecular formula is C15H15N3O2. The highest BCUT2D eigenvalue weighted by atomic mass is 16.5. The van der Waals surface area contributed by atoms with Gasteiger partial charge in [-0.15, -0.1) is 0 Å². The van der Waals surface area contributed by atoms with Crippen molar-refractivity contribution in [2.45, 2.75) is 6.42 Å². The van der Waals surface area contributed by atoms with Gasteiger partial charge in [0.1, 0.15) is 5.69 Å². The number of fused-ring (bicyclic) bond motifs is 1. The number of nitrogens with zero attached hydrogens (tertiary/aromatic N) is 3. The molecule has 0 fully saturated rings. The van der Waals surface area contributed by atoms with Gasteiger partial charge in [0.05, 0.1) is 26.1 Å². The molecular weight excluding hydrogens is 254 g/mol. The van der Waals surface area contributed by atoms with Crippen molar-refractivity contribution < 1.29 is 9.47 Å². The summed E-state index contributed by atoms with van der Waals surface area (Å²) >= 11 is 0. The molecule has 0 radical (unpaired) electrons. The highest BCUT2D eigenvalue weighted by Crippen LogP contribution is 2.33. The molecule has 3 rings (SSSR count). The van der Waals surface area contributed by atoms with Crippen LogP contribution in [0.15, 0.2) is 35.7 Å². The van der Waals surface area contributed by atoms with Crippen molar-refractivity contribution in [2.75, 3.05) is 20.8 Å². The van der Waals surface area contributed by atoms with Gasteiger partial charge in [-0.1, -0.05) is 0 Å². The highest BCUT2D eigenvalue weighted by Gasteiger charge is 2.20. The Kier molecular flexibility index (Phi) is 3.33. The first-order valence-corrected chi connectivity index (χ1v) is 6.39. The maximum Gasteiger partial charge on any atom is 0.161 e. The van der Waals surface area contributed by atoms with Crippen LogP contribution in [0.3, 0.4) is 0 Å². The Bertz CT molecular complexity index is 654. The van der Waals surface area contributed by atoms with Crippen LogP contribution in [0.1, 0.15) is 16.8 Å². The molecule has 0 spiro atoms. The van der Waals surface area contributed by atoms with E-state index in [0.717, 1.165) is 35.7 Å². The number of aliphatic imine (C=N–C) groups is 1. The summed E-state index contributed by atoms with van der Waals surface area (Å²) in [6, 6.07) is 3.97. The largest absolute Gasteiger partial charge is 0.493 e. The lowest BCUT2D eigenvalue weighted by molar-refractivity contribution is 0.354. The van der Waals surface area contributed by atoms with E-state index >= 15 is 0 Å². The molecule has 2 heterocycles. The monoisotopic (exact) mass is 269 g/mol. The second-order valence-electron chi connectivity index (χ2n) is 4.44. The fraction of sp³-hybridized carbons (Fsp3) is 0.267. The molecule has 5 nitrogen and oxygen atoms in total. The van der Waals surface area contributed by atoms with Crippen molar-refractivity contribution in [3.63, 3.8) is 0 Å². The molecule has 0 bridgehead atoms. The molecule has 0 unspecified atom stereocenters. The molecule has 1 aromatic carbocycles. The van der Waals surface area contributed by atoms with Crippen LogP contribution >= 0.6 is 0 Å². The van der Waals surface area contributed by atoms with Crippen molar-refractivity contribution in [1.82, 2.24) is 9.97 Å². The van der Waals surface area contributed by atoms with Crippen LogP contribution in [0, 0.1) is 0 Å². The van der Waals surface area contributed by atoms with Crippen LogP contribution in [0.5, 0.6) is 11.5 Å². The van der Waals surface area contributed by atoms with Gasteiger partial charge < -0.3 is 9.47 Å². The lowest BCUT2D eigenvalue weighted by atomic mass is 9.95.